The van der Waals surface area contributed by atoms with E-state index >= 15 is 0 Å². The molecule has 1 N–H and O–H groups in total. The Morgan fingerprint density at radius 1 is 1.39 bits per heavy atom. The molecule has 0 atom stereocenters. The Balaban J connectivity index is 0.00000162. The van der Waals surface area contributed by atoms with Crippen molar-refractivity contribution in [1.29, 1.82) is 0 Å². The van der Waals surface area contributed by atoms with Gasteiger partial charge in [0, 0.05) is 30.9 Å². The zero-order chi connectivity index (χ0) is 12.4. The Kier molecular flexibility index (Phi) is 5.03. The fraction of sp³-hybridized carbons (Fsp3) is 0.500. The first-order valence-corrected chi connectivity index (χ1v) is 6.24. The third-order valence-electron chi connectivity index (χ3n) is 3.42. The van der Waals surface area contributed by atoms with Gasteiger partial charge in [-0.2, -0.15) is 0 Å². The molecule has 18 heavy (non-hydrogen) atoms. The van der Waals surface area contributed by atoms with Crippen molar-refractivity contribution in [3.8, 4) is 0 Å². The number of hydrogen-bond acceptors (Lipinski definition) is 2. The Morgan fingerprint density at radius 2 is 2.11 bits per heavy atom. The Morgan fingerprint density at radius 3 is 2.78 bits per heavy atom. The van der Waals surface area contributed by atoms with Crippen LogP contribution in [0.2, 0.25) is 0 Å². The SMILES string of the molecule is CC(C)N(C)C(=O)c1cccc2c1CCCN2.Cl. The van der Waals surface area contributed by atoms with Gasteiger partial charge in [0.2, 0.25) is 0 Å². The molecule has 0 saturated carbocycles. The molecule has 0 saturated heterocycles. The van der Waals surface area contributed by atoms with E-state index in [0.717, 1.165) is 30.6 Å². The van der Waals surface area contributed by atoms with Crippen molar-refractivity contribution < 1.29 is 4.79 Å². The number of nitrogens with zero attached hydrogens (tertiary/aromatic N) is 1. The molecule has 1 amide bonds. The summed E-state index contributed by atoms with van der Waals surface area (Å²) < 4.78 is 0. The Labute approximate surface area is 115 Å². The van der Waals surface area contributed by atoms with Gasteiger partial charge in [-0.25, -0.2) is 0 Å². The van der Waals surface area contributed by atoms with Gasteiger partial charge < -0.3 is 10.2 Å². The first-order valence-electron chi connectivity index (χ1n) is 6.24. The average Bonchev–Trinajstić information content (AvgIpc) is 2.36. The van der Waals surface area contributed by atoms with E-state index in [1.54, 1.807) is 4.90 Å². The molecule has 3 nitrogen and oxygen atoms in total. The molecule has 0 fully saturated rings. The number of anilines is 1. The number of carbonyl (C=O) groups is 1. The van der Waals surface area contributed by atoms with E-state index in [-0.39, 0.29) is 24.4 Å². The minimum Gasteiger partial charge on any atom is -0.385 e. The number of amides is 1. The van der Waals surface area contributed by atoms with Crippen LogP contribution < -0.4 is 5.32 Å². The van der Waals surface area contributed by atoms with Crippen molar-refractivity contribution in [2.45, 2.75) is 32.7 Å². The molecular weight excluding hydrogens is 248 g/mol. The van der Waals surface area contributed by atoms with Gasteiger partial charge >= 0.3 is 0 Å². The van der Waals surface area contributed by atoms with Gasteiger partial charge in [0.1, 0.15) is 0 Å². The average molecular weight is 269 g/mol. The van der Waals surface area contributed by atoms with E-state index in [9.17, 15) is 4.79 Å². The normalized spacial score (nSPS) is 13.3. The fourth-order valence-electron chi connectivity index (χ4n) is 2.13. The number of nitrogens with one attached hydrogen (secondary N) is 1. The van der Waals surface area contributed by atoms with Crippen molar-refractivity contribution in [3.05, 3.63) is 29.3 Å². The van der Waals surface area contributed by atoms with Gasteiger partial charge in [-0.05, 0) is 44.4 Å². The van der Waals surface area contributed by atoms with E-state index in [4.69, 9.17) is 0 Å². The van der Waals surface area contributed by atoms with Crippen LogP contribution in [0.15, 0.2) is 18.2 Å². The molecule has 0 spiro atoms. The number of carbonyl (C=O) groups excluding carboxylic acids is 1. The smallest absolute Gasteiger partial charge is 0.254 e. The van der Waals surface area contributed by atoms with E-state index in [2.05, 4.69) is 11.4 Å². The van der Waals surface area contributed by atoms with Crippen LogP contribution in [0, 0.1) is 0 Å². The molecule has 0 aliphatic carbocycles. The van der Waals surface area contributed by atoms with E-state index in [1.165, 1.54) is 5.56 Å². The van der Waals surface area contributed by atoms with Crippen molar-refractivity contribution in [2.24, 2.45) is 0 Å². The van der Waals surface area contributed by atoms with Gasteiger partial charge in [0.05, 0.1) is 0 Å². The highest BCUT2D eigenvalue weighted by molar-refractivity contribution is 5.97. The number of benzene rings is 1. The summed E-state index contributed by atoms with van der Waals surface area (Å²) in [6, 6.07) is 6.18. The van der Waals surface area contributed by atoms with Crippen LogP contribution in [-0.2, 0) is 6.42 Å². The molecule has 1 aromatic rings. The molecule has 1 heterocycles. The summed E-state index contributed by atoms with van der Waals surface area (Å²) in [4.78, 5) is 14.2. The molecule has 1 aliphatic rings. The van der Waals surface area contributed by atoms with Crippen molar-refractivity contribution >= 4 is 24.0 Å². The number of hydrogen-bond donors (Lipinski definition) is 1. The molecule has 100 valence electrons. The zero-order valence-electron chi connectivity index (χ0n) is 11.2. The van der Waals surface area contributed by atoms with Crippen molar-refractivity contribution in [2.75, 3.05) is 18.9 Å². The highest BCUT2D eigenvalue weighted by atomic mass is 35.5. The van der Waals surface area contributed by atoms with Crippen LogP contribution in [0.5, 0.6) is 0 Å². The second-order valence-corrected chi connectivity index (χ2v) is 4.87. The summed E-state index contributed by atoms with van der Waals surface area (Å²) in [6.45, 7) is 5.07. The van der Waals surface area contributed by atoms with Gasteiger partial charge in [-0.1, -0.05) is 6.07 Å². The maximum Gasteiger partial charge on any atom is 0.254 e. The van der Waals surface area contributed by atoms with Gasteiger partial charge in [0.15, 0.2) is 0 Å². The lowest BCUT2D eigenvalue weighted by Gasteiger charge is -2.25. The second-order valence-electron chi connectivity index (χ2n) is 4.87. The quantitative estimate of drug-likeness (QED) is 0.894. The highest BCUT2D eigenvalue weighted by Crippen LogP contribution is 2.26. The van der Waals surface area contributed by atoms with Crippen LogP contribution in [0.1, 0.15) is 36.2 Å². The van der Waals surface area contributed by atoms with Crippen LogP contribution >= 0.6 is 12.4 Å². The van der Waals surface area contributed by atoms with Crippen LogP contribution in [0.3, 0.4) is 0 Å². The minimum atomic E-state index is 0. The third-order valence-corrected chi connectivity index (χ3v) is 3.42. The minimum absolute atomic E-state index is 0. The lowest BCUT2D eigenvalue weighted by atomic mass is 9.96. The summed E-state index contributed by atoms with van der Waals surface area (Å²) in [5.74, 6) is 0.126. The third kappa shape index (κ3) is 2.78. The largest absolute Gasteiger partial charge is 0.385 e. The standard InChI is InChI=1S/C14H20N2O.ClH/c1-10(2)16(3)14(17)12-6-4-8-13-11(12)7-5-9-15-13;/h4,6,8,10,15H,5,7,9H2,1-3H3;1H. The molecule has 1 aromatic carbocycles. The Bertz CT molecular complexity index is 432. The summed E-state index contributed by atoms with van der Waals surface area (Å²) in [6.07, 6.45) is 2.10. The molecule has 1 aliphatic heterocycles. The molecule has 4 heteroatoms. The monoisotopic (exact) mass is 268 g/mol. The van der Waals surface area contributed by atoms with Gasteiger partial charge in [0.25, 0.3) is 5.91 Å². The lowest BCUT2D eigenvalue weighted by molar-refractivity contribution is 0.0754. The predicted molar refractivity (Wildman–Crippen MR) is 77.7 cm³/mol. The lowest BCUT2D eigenvalue weighted by Crippen LogP contribution is -2.34. The molecule has 0 unspecified atom stereocenters. The van der Waals surface area contributed by atoms with E-state index in [0.29, 0.717) is 0 Å². The first kappa shape index (κ1) is 14.8. The van der Waals surface area contributed by atoms with E-state index in [1.807, 2.05) is 33.0 Å². The number of rotatable bonds is 2. The van der Waals surface area contributed by atoms with E-state index < -0.39 is 0 Å². The van der Waals surface area contributed by atoms with Gasteiger partial charge in [-0.15, -0.1) is 12.4 Å². The van der Waals surface area contributed by atoms with Gasteiger partial charge in [-0.3, -0.25) is 4.79 Å². The molecule has 2 rings (SSSR count). The molecular formula is C14H21ClN2O. The molecule has 0 radical (unpaired) electrons. The van der Waals surface area contributed by atoms with Crippen LogP contribution in [-0.4, -0.2) is 30.4 Å². The summed E-state index contributed by atoms with van der Waals surface area (Å²) in [5, 5.41) is 3.36. The maximum absolute atomic E-state index is 12.4. The molecule has 0 aromatic heterocycles. The summed E-state index contributed by atoms with van der Waals surface area (Å²) in [5.41, 5.74) is 3.15. The second kappa shape index (κ2) is 6.10. The maximum atomic E-state index is 12.4. The van der Waals surface area contributed by atoms with Crippen LogP contribution in [0.25, 0.3) is 0 Å². The van der Waals surface area contributed by atoms with Crippen LogP contribution in [0.4, 0.5) is 5.69 Å². The number of halogens is 1. The van der Waals surface area contributed by atoms with Crippen molar-refractivity contribution in [3.63, 3.8) is 0 Å². The zero-order valence-corrected chi connectivity index (χ0v) is 12.0. The summed E-state index contributed by atoms with van der Waals surface area (Å²) in [7, 11) is 1.86. The Hall–Kier alpha value is -1.22. The van der Waals surface area contributed by atoms with Crippen molar-refractivity contribution in [1.82, 2.24) is 4.90 Å². The first-order chi connectivity index (χ1) is 8.11. The highest BCUT2D eigenvalue weighted by Gasteiger charge is 2.20. The molecule has 0 bridgehead atoms. The predicted octanol–water partition coefficient (Wildman–Crippen LogP) is 2.95. The summed E-state index contributed by atoms with van der Waals surface area (Å²) >= 11 is 0. The fourth-order valence-corrected chi connectivity index (χ4v) is 2.13. The topological polar surface area (TPSA) is 32.3 Å². The number of fused-ring (bicyclic) bond motifs is 1.